The van der Waals surface area contributed by atoms with Crippen molar-refractivity contribution in [1.29, 1.82) is 0 Å². The maximum absolute atomic E-state index is 11.1. The van der Waals surface area contributed by atoms with Crippen molar-refractivity contribution in [2.45, 2.75) is 0 Å². The molecule has 1 rings (SSSR count). The van der Waals surface area contributed by atoms with Gasteiger partial charge in [0.1, 0.15) is 15.9 Å². The number of ether oxygens (including phenoxy) is 1. The first-order chi connectivity index (χ1) is 6.06. The van der Waals surface area contributed by atoms with Gasteiger partial charge in [-0.25, -0.2) is 9.78 Å². The first-order valence-corrected chi connectivity index (χ1v) is 4.01. The molecule has 7 heteroatoms. The van der Waals surface area contributed by atoms with E-state index in [0.717, 1.165) is 0 Å². The van der Waals surface area contributed by atoms with Crippen LogP contribution in [0.15, 0.2) is 6.07 Å². The third kappa shape index (κ3) is 2.64. The van der Waals surface area contributed by atoms with E-state index in [-0.39, 0.29) is 34.0 Å². The molecule has 0 aliphatic rings. The standard InChI is InChI=1S/C7H6Cl2N2O2.ClH/c1-13-7(12)5-3(10)2-4(8)11-6(5)9;/h2H,1H3,(H2,10,11);1H. The predicted molar refractivity (Wildman–Crippen MR) is 57.3 cm³/mol. The molecule has 1 aromatic heterocycles. The van der Waals surface area contributed by atoms with Gasteiger partial charge in [-0.15, -0.1) is 12.4 Å². The Hall–Kier alpha value is -0.710. The summed E-state index contributed by atoms with van der Waals surface area (Å²) < 4.78 is 4.45. The smallest absolute Gasteiger partial charge is 0.343 e. The zero-order valence-electron chi connectivity index (χ0n) is 7.08. The Morgan fingerprint density at radius 2 is 2.14 bits per heavy atom. The van der Waals surface area contributed by atoms with E-state index in [4.69, 9.17) is 28.9 Å². The van der Waals surface area contributed by atoms with Gasteiger partial charge < -0.3 is 10.5 Å². The van der Waals surface area contributed by atoms with Gasteiger partial charge in [-0.2, -0.15) is 0 Å². The van der Waals surface area contributed by atoms with Crippen LogP contribution >= 0.6 is 35.6 Å². The summed E-state index contributed by atoms with van der Waals surface area (Å²) in [6, 6.07) is 1.33. The fourth-order valence-electron chi connectivity index (χ4n) is 0.806. The van der Waals surface area contributed by atoms with E-state index >= 15 is 0 Å². The lowest BCUT2D eigenvalue weighted by molar-refractivity contribution is 0.0601. The van der Waals surface area contributed by atoms with Crippen LogP contribution in [0.4, 0.5) is 5.69 Å². The van der Waals surface area contributed by atoms with Gasteiger partial charge in [-0.05, 0) is 6.07 Å². The van der Waals surface area contributed by atoms with Crippen molar-refractivity contribution in [1.82, 2.24) is 4.98 Å². The van der Waals surface area contributed by atoms with Crippen LogP contribution in [0.3, 0.4) is 0 Å². The van der Waals surface area contributed by atoms with Crippen molar-refractivity contribution >= 4 is 47.3 Å². The molecule has 1 aromatic rings. The number of methoxy groups -OCH3 is 1. The summed E-state index contributed by atoms with van der Waals surface area (Å²) in [6.45, 7) is 0. The summed E-state index contributed by atoms with van der Waals surface area (Å²) in [6.07, 6.45) is 0. The largest absolute Gasteiger partial charge is 0.465 e. The minimum Gasteiger partial charge on any atom is -0.465 e. The van der Waals surface area contributed by atoms with Gasteiger partial charge >= 0.3 is 5.97 Å². The molecular formula is C7H7Cl3N2O2. The summed E-state index contributed by atoms with van der Waals surface area (Å²) >= 11 is 11.2. The summed E-state index contributed by atoms with van der Waals surface area (Å²) in [7, 11) is 1.23. The Kier molecular flexibility index (Phi) is 4.97. The summed E-state index contributed by atoms with van der Waals surface area (Å²) in [5.41, 5.74) is 5.67. The van der Waals surface area contributed by atoms with Crippen molar-refractivity contribution in [3.8, 4) is 0 Å². The second-order valence-corrected chi connectivity index (χ2v) is 2.94. The molecule has 0 saturated carbocycles. The molecule has 4 nitrogen and oxygen atoms in total. The SMILES string of the molecule is COC(=O)c1c(N)cc(Cl)nc1Cl.Cl. The Morgan fingerprint density at radius 3 is 2.57 bits per heavy atom. The monoisotopic (exact) mass is 256 g/mol. The van der Waals surface area contributed by atoms with Crippen LogP contribution < -0.4 is 5.73 Å². The fraction of sp³-hybridized carbons (Fsp3) is 0.143. The van der Waals surface area contributed by atoms with Crippen LogP contribution in [0.1, 0.15) is 10.4 Å². The highest BCUT2D eigenvalue weighted by Crippen LogP contribution is 2.24. The molecule has 1 heterocycles. The first kappa shape index (κ1) is 13.3. The third-order valence-corrected chi connectivity index (χ3v) is 1.83. The van der Waals surface area contributed by atoms with Crippen LogP contribution in [0.5, 0.6) is 0 Å². The molecule has 0 saturated heterocycles. The highest BCUT2D eigenvalue weighted by atomic mass is 35.5. The van der Waals surface area contributed by atoms with Crippen molar-refractivity contribution in [2.75, 3.05) is 12.8 Å². The van der Waals surface area contributed by atoms with E-state index in [0.29, 0.717) is 0 Å². The van der Waals surface area contributed by atoms with E-state index in [1.165, 1.54) is 13.2 Å². The van der Waals surface area contributed by atoms with Crippen molar-refractivity contribution in [3.63, 3.8) is 0 Å². The van der Waals surface area contributed by atoms with E-state index in [1.54, 1.807) is 0 Å². The van der Waals surface area contributed by atoms with E-state index in [1.807, 2.05) is 0 Å². The molecule has 14 heavy (non-hydrogen) atoms. The number of carbonyl (C=O) groups excluding carboxylic acids is 1. The summed E-state index contributed by atoms with van der Waals surface area (Å²) in [4.78, 5) is 14.8. The molecule has 2 N–H and O–H groups in total. The predicted octanol–water partition coefficient (Wildman–Crippen LogP) is 2.18. The molecule has 0 amide bonds. The lowest BCUT2D eigenvalue weighted by Gasteiger charge is -2.04. The Bertz CT molecular complexity index is 334. The molecule has 0 aliphatic carbocycles. The molecule has 0 spiro atoms. The molecule has 0 radical (unpaired) electrons. The Morgan fingerprint density at radius 1 is 1.57 bits per heavy atom. The van der Waals surface area contributed by atoms with E-state index in [9.17, 15) is 4.79 Å². The van der Waals surface area contributed by atoms with Crippen molar-refractivity contribution in [3.05, 3.63) is 21.9 Å². The quantitative estimate of drug-likeness (QED) is 0.618. The minimum atomic E-state index is -0.633. The van der Waals surface area contributed by atoms with Gasteiger partial charge in [-0.1, -0.05) is 23.2 Å². The van der Waals surface area contributed by atoms with Gasteiger partial charge in [0.25, 0.3) is 0 Å². The lowest BCUT2D eigenvalue weighted by atomic mass is 10.2. The number of carbonyl (C=O) groups is 1. The molecule has 0 aromatic carbocycles. The van der Waals surface area contributed by atoms with Crippen LogP contribution in [0.25, 0.3) is 0 Å². The topological polar surface area (TPSA) is 65.2 Å². The summed E-state index contributed by atoms with van der Waals surface area (Å²) in [5, 5.41) is 0.0759. The number of nitrogens with zero attached hydrogens (tertiary/aromatic N) is 1. The highest BCUT2D eigenvalue weighted by Gasteiger charge is 2.16. The highest BCUT2D eigenvalue weighted by molar-refractivity contribution is 6.35. The number of rotatable bonds is 1. The molecule has 0 fully saturated rings. The number of halogens is 3. The molecular weight excluding hydrogens is 250 g/mol. The Labute approximate surface area is 96.8 Å². The number of anilines is 1. The van der Waals surface area contributed by atoms with Crippen LogP contribution in [0.2, 0.25) is 10.3 Å². The second-order valence-electron chi connectivity index (χ2n) is 2.19. The van der Waals surface area contributed by atoms with Gasteiger partial charge in [0.2, 0.25) is 0 Å². The van der Waals surface area contributed by atoms with Gasteiger partial charge in [0, 0.05) is 0 Å². The van der Waals surface area contributed by atoms with Crippen molar-refractivity contribution in [2.24, 2.45) is 0 Å². The molecule has 0 bridgehead atoms. The minimum absolute atomic E-state index is 0. The van der Waals surface area contributed by atoms with Gasteiger partial charge in [-0.3, -0.25) is 0 Å². The number of hydrogen-bond donors (Lipinski definition) is 1. The van der Waals surface area contributed by atoms with Gasteiger partial charge in [0.15, 0.2) is 0 Å². The normalized spacial score (nSPS) is 9.07. The maximum atomic E-state index is 11.1. The summed E-state index contributed by atoms with van der Waals surface area (Å²) in [5.74, 6) is -0.633. The Balaban J connectivity index is 0.00000169. The number of nitrogen functional groups attached to an aromatic ring is 1. The molecule has 0 aliphatic heterocycles. The zero-order chi connectivity index (χ0) is 10.0. The zero-order valence-corrected chi connectivity index (χ0v) is 9.41. The fourth-order valence-corrected chi connectivity index (χ4v) is 1.33. The number of pyridine rings is 1. The second kappa shape index (κ2) is 5.24. The first-order valence-electron chi connectivity index (χ1n) is 3.26. The number of hydrogen-bond acceptors (Lipinski definition) is 4. The molecule has 0 atom stereocenters. The average Bonchev–Trinajstić information content (AvgIpc) is 2.02. The van der Waals surface area contributed by atoms with Crippen LogP contribution in [-0.2, 0) is 4.74 Å². The number of nitrogens with two attached hydrogens (primary N) is 1. The lowest BCUT2D eigenvalue weighted by Crippen LogP contribution is -2.07. The third-order valence-electron chi connectivity index (χ3n) is 1.36. The number of esters is 1. The molecule has 0 unspecified atom stereocenters. The van der Waals surface area contributed by atoms with Crippen LogP contribution in [-0.4, -0.2) is 18.1 Å². The van der Waals surface area contributed by atoms with E-state index < -0.39 is 5.97 Å². The maximum Gasteiger partial charge on any atom is 0.343 e. The van der Waals surface area contributed by atoms with E-state index in [2.05, 4.69) is 9.72 Å². The van der Waals surface area contributed by atoms with Crippen molar-refractivity contribution < 1.29 is 9.53 Å². The molecule has 78 valence electrons. The van der Waals surface area contributed by atoms with Crippen LogP contribution in [0, 0.1) is 0 Å². The number of aromatic nitrogens is 1. The average molecular weight is 258 g/mol. The van der Waals surface area contributed by atoms with Gasteiger partial charge in [0.05, 0.1) is 12.8 Å².